The van der Waals surface area contributed by atoms with E-state index in [2.05, 4.69) is 25.7 Å². The second kappa shape index (κ2) is 4.88. The van der Waals surface area contributed by atoms with Crippen molar-refractivity contribution in [2.75, 3.05) is 13.1 Å². The molecule has 0 aromatic heterocycles. The van der Waals surface area contributed by atoms with Crippen LogP contribution in [0.3, 0.4) is 0 Å². The molecular weight excluding hydrogens is 286 g/mol. The smallest absolute Gasteiger partial charge is 0.129 e. The molecule has 1 aromatic rings. The van der Waals surface area contributed by atoms with Crippen LogP contribution in [0.5, 0.6) is 0 Å². The third kappa shape index (κ3) is 2.75. The minimum absolute atomic E-state index is 0.00263. The zero-order valence-corrected chi connectivity index (χ0v) is 12.9. The van der Waals surface area contributed by atoms with E-state index < -0.39 is 5.54 Å². The predicted octanol–water partition coefficient (Wildman–Crippen LogP) is 3.79. The van der Waals surface area contributed by atoms with Gasteiger partial charge in [-0.2, -0.15) is 0 Å². The van der Waals surface area contributed by atoms with E-state index in [9.17, 15) is 4.39 Å². The molecule has 1 aromatic carbocycles. The molecule has 0 saturated carbocycles. The van der Waals surface area contributed by atoms with Gasteiger partial charge in [-0.1, -0.05) is 23.2 Å². The second-order valence-electron chi connectivity index (χ2n) is 6.22. The minimum Gasteiger partial charge on any atom is -0.320 e. The maximum atomic E-state index is 14.1. The van der Waals surface area contributed by atoms with Gasteiger partial charge in [-0.15, -0.1) is 0 Å². The fourth-order valence-corrected chi connectivity index (χ4v) is 3.09. The quantitative estimate of drug-likeness (QED) is 0.800. The number of hydrogen-bond acceptors (Lipinski definition) is 2. The highest BCUT2D eigenvalue weighted by Crippen LogP contribution is 2.40. The summed E-state index contributed by atoms with van der Waals surface area (Å²) in [4.78, 5) is 2.24. The Hall–Kier alpha value is -0.350. The van der Waals surface area contributed by atoms with Crippen molar-refractivity contribution in [3.8, 4) is 0 Å². The van der Waals surface area contributed by atoms with E-state index in [0.717, 1.165) is 6.54 Å². The molecular formula is C14H19Cl2FN2. The minimum atomic E-state index is -0.778. The van der Waals surface area contributed by atoms with E-state index >= 15 is 0 Å². The van der Waals surface area contributed by atoms with Gasteiger partial charge < -0.3 is 5.73 Å². The van der Waals surface area contributed by atoms with Gasteiger partial charge in [-0.25, -0.2) is 4.39 Å². The highest BCUT2D eigenvalue weighted by atomic mass is 35.5. The lowest BCUT2D eigenvalue weighted by molar-refractivity contribution is 0.163. The summed E-state index contributed by atoms with van der Waals surface area (Å²) in [5.41, 5.74) is 5.98. The average Bonchev–Trinajstić information content (AvgIpc) is 2.67. The van der Waals surface area contributed by atoms with Gasteiger partial charge >= 0.3 is 0 Å². The van der Waals surface area contributed by atoms with Gasteiger partial charge in [0.15, 0.2) is 0 Å². The van der Waals surface area contributed by atoms with Crippen LogP contribution in [-0.2, 0) is 5.54 Å². The number of halogens is 3. The molecule has 1 aliphatic rings. The standard InChI is InChI=1S/C14H19Cl2FN2/c1-13(2,3)19-7-6-14(18,8-19)11-10(17)5-4-9(15)12(11)16/h4-5H,6-8,18H2,1-3H3. The van der Waals surface area contributed by atoms with Crippen LogP contribution in [0.25, 0.3) is 0 Å². The van der Waals surface area contributed by atoms with E-state index in [-0.39, 0.29) is 16.4 Å². The van der Waals surface area contributed by atoms with Gasteiger partial charge in [0.2, 0.25) is 0 Å². The fourth-order valence-electron chi connectivity index (χ4n) is 2.59. The van der Waals surface area contributed by atoms with Gasteiger partial charge in [0.25, 0.3) is 0 Å². The molecule has 2 rings (SSSR count). The first kappa shape index (κ1) is 15.0. The second-order valence-corrected chi connectivity index (χ2v) is 7.00. The van der Waals surface area contributed by atoms with Crippen molar-refractivity contribution in [2.24, 2.45) is 5.73 Å². The van der Waals surface area contributed by atoms with Crippen molar-refractivity contribution in [1.82, 2.24) is 4.90 Å². The monoisotopic (exact) mass is 304 g/mol. The van der Waals surface area contributed by atoms with Crippen molar-refractivity contribution in [3.05, 3.63) is 33.6 Å². The van der Waals surface area contributed by atoms with E-state index in [1.54, 1.807) is 0 Å². The largest absolute Gasteiger partial charge is 0.320 e. The van der Waals surface area contributed by atoms with Gasteiger partial charge in [-0.05, 0) is 39.3 Å². The third-order valence-electron chi connectivity index (χ3n) is 3.79. The van der Waals surface area contributed by atoms with Gasteiger partial charge in [0.05, 0.1) is 15.6 Å². The first-order chi connectivity index (χ1) is 8.65. The molecule has 0 bridgehead atoms. The molecule has 2 N–H and O–H groups in total. The summed E-state index contributed by atoms with van der Waals surface area (Å²) in [7, 11) is 0. The topological polar surface area (TPSA) is 29.3 Å². The number of hydrogen-bond donors (Lipinski definition) is 1. The summed E-state index contributed by atoms with van der Waals surface area (Å²) < 4.78 is 14.1. The Morgan fingerprint density at radius 3 is 2.47 bits per heavy atom. The Balaban J connectivity index is 2.41. The summed E-state index contributed by atoms with van der Waals surface area (Å²) in [5, 5.41) is 0.581. The summed E-state index contributed by atoms with van der Waals surface area (Å²) in [6.07, 6.45) is 0.668. The number of rotatable bonds is 1. The Morgan fingerprint density at radius 2 is 1.95 bits per heavy atom. The highest BCUT2D eigenvalue weighted by Gasteiger charge is 2.42. The molecule has 0 spiro atoms. The Morgan fingerprint density at radius 1 is 1.32 bits per heavy atom. The average molecular weight is 305 g/mol. The molecule has 1 unspecified atom stereocenters. The van der Waals surface area contributed by atoms with Crippen LogP contribution < -0.4 is 5.73 Å². The first-order valence-corrected chi connectivity index (χ1v) is 7.09. The third-order valence-corrected chi connectivity index (χ3v) is 4.60. The zero-order chi connectivity index (χ0) is 14.4. The molecule has 106 valence electrons. The van der Waals surface area contributed by atoms with Crippen LogP contribution >= 0.6 is 23.2 Å². The molecule has 0 radical (unpaired) electrons. The molecule has 0 aliphatic carbocycles. The summed E-state index contributed by atoms with van der Waals surface area (Å²) >= 11 is 12.1. The molecule has 1 saturated heterocycles. The molecule has 0 amide bonds. The van der Waals surface area contributed by atoms with Crippen LogP contribution in [0.4, 0.5) is 4.39 Å². The van der Waals surface area contributed by atoms with Crippen molar-refractivity contribution in [1.29, 1.82) is 0 Å². The zero-order valence-electron chi connectivity index (χ0n) is 11.4. The fraction of sp³-hybridized carbons (Fsp3) is 0.571. The van der Waals surface area contributed by atoms with E-state index in [1.165, 1.54) is 12.1 Å². The summed E-state index contributed by atoms with van der Waals surface area (Å²) in [6.45, 7) is 7.76. The van der Waals surface area contributed by atoms with Crippen LogP contribution in [0, 0.1) is 5.82 Å². The van der Waals surface area contributed by atoms with Crippen LogP contribution in [0.2, 0.25) is 10.0 Å². The number of benzene rings is 1. The van der Waals surface area contributed by atoms with Crippen LogP contribution in [0.15, 0.2) is 12.1 Å². The molecule has 1 fully saturated rings. The van der Waals surface area contributed by atoms with E-state index in [1.807, 2.05) is 0 Å². The summed E-state index contributed by atoms with van der Waals surface area (Å²) in [5.74, 6) is -0.382. The highest BCUT2D eigenvalue weighted by molar-refractivity contribution is 6.42. The van der Waals surface area contributed by atoms with Crippen LogP contribution in [0.1, 0.15) is 32.8 Å². The number of nitrogens with zero attached hydrogens (tertiary/aromatic N) is 1. The maximum absolute atomic E-state index is 14.1. The molecule has 5 heteroatoms. The van der Waals surface area contributed by atoms with Crippen molar-refractivity contribution in [2.45, 2.75) is 38.3 Å². The van der Waals surface area contributed by atoms with E-state index in [4.69, 9.17) is 28.9 Å². The van der Waals surface area contributed by atoms with Gasteiger partial charge in [0, 0.05) is 24.2 Å². The van der Waals surface area contributed by atoms with Crippen molar-refractivity contribution in [3.63, 3.8) is 0 Å². The van der Waals surface area contributed by atoms with Crippen molar-refractivity contribution < 1.29 is 4.39 Å². The maximum Gasteiger partial charge on any atom is 0.129 e. The molecule has 2 nitrogen and oxygen atoms in total. The van der Waals surface area contributed by atoms with Crippen molar-refractivity contribution >= 4 is 23.2 Å². The number of likely N-dealkylation sites (tertiary alicyclic amines) is 1. The van der Waals surface area contributed by atoms with E-state index in [0.29, 0.717) is 23.6 Å². The lowest BCUT2D eigenvalue weighted by Gasteiger charge is -2.34. The normalized spacial score (nSPS) is 25.0. The lowest BCUT2D eigenvalue weighted by atomic mass is 9.89. The number of nitrogens with two attached hydrogens (primary N) is 1. The Bertz CT molecular complexity index is 499. The SMILES string of the molecule is CC(C)(C)N1CCC(N)(c2c(F)ccc(Cl)c2Cl)C1. The first-order valence-electron chi connectivity index (χ1n) is 6.33. The summed E-state index contributed by atoms with van der Waals surface area (Å²) in [6, 6.07) is 2.79. The molecule has 1 aliphatic heterocycles. The Kier molecular flexibility index (Phi) is 3.87. The van der Waals surface area contributed by atoms with Crippen LogP contribution in [-0.4, -0.2) is 23.5 Å². The molecule has 19 heavy (non-hydrogen) atoms. The van der Waals surface area contributed by atoms with Gasteiger partial charge in [0.1, 0.15) is 5.82 Å². The van der Waals surface area contributed by atoms with Gasteiger partial charge in [-0.3, -0.25) is 4.90 Å². The Labute approximate surface area is 123 Å². The predicted molar refractivity (Wildman–Crippen MR) is 78.2 cm³/mol. The lowest BCUT2D eigenvalue weighted by Crippen LogP contribution is -2.46. The molecule has 1 heterocycles. The molecule has 1 atom stereocenters.